The second-order valence-corrected chi connectivity index (χ2v) is 4.87. The Morgan fingerprint density at radius 3 is 2.28 bits per heavy atom. The summed E-state index contributed by atoms with van der Waals surface area (Å²) < 4.78 is 38.8. The van der Waals surface area contributed by atoms with Gasteiger partial charge < -0.3 is 5.32 Å². The lowest BCUT2D eigenvalue weighted by atomic mass is 10.0. The highest BCUT2D eigenvalue weighted by Gasteiger charge is 2.40. The van der Waals surface area contributed by atoms with Crippen molar-refractivity contribution >= 4 is 0 Å². The SMILES string of the molecule is CCCNC(c1ccc(C2CC2)cc1)C(F)(F)F. The van der Waals surface area contributed by atoms with Crippen molar-refractivity contribution in [1.29, 1.82) is 0 Å². The van der Waals surface area contributed by atoms with Gasteiger partial charge in [-0.2, -0.15) is 13.2 Å². The van der Waals surface area contributed by atoms with Crippen molar-refractivity contribution in [2.75, 3.05) is 6.54 Å². The first kappa shape index (κ1) is 13.4. The van der Waals surface area contributed by atoms with E-state index in [1.165, 1.54) is 0 Å². The molecule has 0 saturated heterocycles. The van der Waals surface area contributed by atoms with Crippen LogP contribution < -0.4 is 5.32 Å². The summed E-state index contributed by atoms with van der Waals surface area (Å²) in [6.07, 6.45) is -1.23. The van der Waals surface area contributed by atoms with Gasteiger partial charge in [0.05, 0.1) is 0 Å². The van der Waals surface area contributed by atoms with Gasteiger partial charge in [0, 0.05) is 0 Å². The average molecular weight is 257 g/mol. The molecule has 1 unspecified atom stereocenters. The lowest BCUT2D eigenvalue weighted by Crippen LogP contribution is -2.34. The summed E-state index contributed by atoms with van der Waals surface area (Å²) in [5.74, 6) is 0.576. The fourth-order valence-electron chi connectivity index (χ4n) is 2.09. The highest BCUT2D eigenvalue weighted by atomic mass is 19.4. The van der Waals surface area contributed by atoms with Crippen LogP contribution in [0.5, 0.6) is 0 Å². The molecular formula is C14H18F3N. The zero-order valence-electron chi connectivity index (χ0n) is 10.4. The number of rotatable bonds is 5. The highest BCUT2D eigenvalue weighted by Crippen LogP contribution is 2.41. The molecule has 0 radical (unpaired) electrons. The van der Waals surface area contributed by atoms with E-state index in [-0.39, 0.29) is 0 Å². The minimum absolute atomic E-state index is 0.306. The average Bonchev–Trinajstić information content (AvgIpc) is 3.12. The predicted octanol–water partition coefficient (Wildman–Crippen LogP) is 4.17. The number of halogens is 3. The van der Waals surface area contributed by atoms with Crippen molar-refractivity contribution < 1.29 is 13.2 Å². The molecule has 0 spiro atoms. The van der Waals surface area contributed by atoms with Crippen LogP contribution in [0.4, 0.5) is 13.2 Å². The molecule has 4 heteroatoms. The molecular weight excluding hydrogens is 239 g/mol. The first-order valence-electron chi connectivity index (χ1n) is 6.42. The fraction of sp³-hybridized carbons (Fsp3) is 0.571. The number of hydrogen-bond acceptors (Lipinski definition) is 1. The van der Waals surface area contributed by atoms with E-state index in [2.05, 4.69) is 5.32 Å². The van der Waals surface area contributed by atoms with Gasteiger partial charge >= 0.3 is 6.18 Å². The second-order valence-electron chi connectivity index (χ2n) is 4.87. The van der Waals surface area contributed by atoms with Crippen LogP contribution >= 0.6 is 0 Å². The van der Waals surface area contributed by atoms with Crippen molar-refractivity contribution in [3.8, 4) is 0 Å². The molecule has 1 nitrogen and oxygen atoms in total. The standard InChI is InChI=1S/C14H18F3N/c1-2-9-18-13(14(15,16)17)12-7-5-11(6-8-12)10-3-4-10/h5-8,10,13,18H,2-4,9H2,1H3. The van der Waals surface area contributed by atoms with Crippen LogP contribution in [-0.4, -0.2) is 12.7 Å². The summed E-state index contributed by atoms with van der Waals surface area (Å²) in [5.41, 5.74) is 1.47. The Hall–Kier alpha value is -1.03. The van der Waals surface area contributed by atoms with Gasteiger partial charge in [0.2, 0.25) is 0 Å². The maximum atomic E-state index is 12.9. The Balaban J connectivity index is 2.13. The van der Waals surface area contributed by atoms with Gasteiger partial charge in [-0.05, 0) is 42.9 Å². The van der Waals surface area contributed by atoms with E-state index >= 15 is 0 Å². The summed E-state index contributed by atoms with van der Waals surface area (Å²) in [4.78, 5) is 0. The lowest BCUT2D eigenvalue weighted by Gasteiger charge is -2.22. The third-order valence-corrected chi connectivity index (χ3v) is 3.24. The van der Waals surface area contributed by atoms with E-state index in [0.29, 0.717) is 24.4 Å². The maximum Gasteiger partial charge on any atom is 0.407 e. The van der Waals surface area contributed by atoms with Gasteiger partial charge in [0.25, 0.3) is 0 Å². The molecule has 100 valence electrons. The number of benzene rings is 1. The molecule has 2 rings (SSSR count). The molecule has 1 aromatic rings. The van der Waals surface area contributed by atoms with Crippen molar-refractivity contribution in [3.63, 3.8) is 0 Å². The zero-order chi connectivity index (χ0) is 13.2. The van der Waals surface area contributed by atoms with E-state index in [0.717, 1.165) is 18.4 Å². The zero-order valence-corrected chi connectivity index (χ0v) is 10.4. The first-order chi connectivity index (χ1) is 8.52. The second kappa shape index (κ2) is 5.31. The molecule has 0 heterocycles. The lowest BCUT2D eigenvalue weighted by molar-refractivity contribution is -0.157. The first-order valence-corrected chi connectivity index (χ1v) is 6.42. The highest BCUT2D eigenvalue weighted by molar-refractivity contribution is 5.30. The third kappa shape index (κ3) is 3.25. The Morgan fingerprint density at radius 2 is 1.83 bits per heavy atom. The van der Waals surface area contributed by atoms with Crippen LogP contribution in [0.1, 0.15) is 49.3 Å². The van der Waals surface area contributed by atoms with Crippen LogP contribution in [0.25, 0.3) is 0 Å². The van der Waals surface area contributed by atoms with Crippen molar-refractivity contribution in [3.05, 3.63) is 35.4 Å². The minimum atomic E-state index is -4.24. The summed E-state index contributed by atoms with van der Waals surface area (Å²) in [5, 5.41) is 2.56. The topological polar surface area (TPSA) is 12.0 Å². The largest absolute Gasteiger partial charge is 0.407 e. The van der Waals surface area contributed by atoms with E-state index in [1.54, 1.807) is 12.1 Å². The molecule has 1 fully saturated rings. The molecule has 1 N–H and O–H groups in total. The summed E-state index contributed by atoms with van der Waals surface area (Å²) in [6, 6.07) is 5.33. The Bertz CT molecular complexity index is 379. The molecule has 0 bridgehead atoms. The van der Waals surface area contributed by atoms with Crippen LogP contribution in [0.15, 0.2) is 24.3 Å². The number of hydrogen-bond donors (Lipinski definition) is 1. The molecule has 0 aromatic heterocycles. The van der Waals surface area contributed by atoms with Gasteiger partial charge in [-0.1, -0.05) is 31.2 Å². The Labute approximate surface area is 105 Å². The van der Waals surface area contributed by atoms with Crippen LogP contribution in [-0.2, 0) is 0 Å². The minimum Gasteiger partial charge on any atom is -0.302 e. The summed E-state index contributed by atoms with van der Waals surface area (Å²) >= 11 is 0. The molecule has 18 heavy (non-hydrogen) atoms. The third-order valence-electron chi connectivity index (χ3n) is 3.24. The van der Waals surface area contributed by atoms with Crippen LogP contribution in [0.2, 0.25) is 0 Å². The smallest absolute Gasteiger partial charge is 0.302 e. The van der Waals surface area contributed by atoms with E-state index < -0.39 is 12.2 Å². The summed E-state index contributed by atoms with van der Waals surface area (Å²) in [7, 11) is 0. The predicted molar refractivity (Wildman–Crippen MR) is 65.5 cm³/mol. The van der Waals surface area contributed by atoms with Crippen molar-refractivity contribution in [2.24, 2.45) is 0 Å². The Morgan fingerprint density at radius 1 is 1.22 bits per heavy atom. The number of alkyl halides is 3. The molecule has 1 saturated carbocycles. The normalized spacial score (nSPS) is 17.8. The molecule has 1 aromatic carbocycles. The van der Waals surface area contributed by atoms with Crippen LogP contribution in [0, 0.1) is 0 Å². The maximum absolute atomic E-state index is 12.9. The van der Waals surface area contributed by atoms with E-state index in [1.807, 2.05) is 19.1 Å². The summed E-state index contributed by atoms with van der Waals surface area (Å²) in [6.45, 7) is 2.23. The Kier molecular flexibility index (Phi) is 3.95. The van der Waals surface area contributed by atoms with E-state index in [4.69, 9.17) is 0 Å². The molecule has 0 aliphatic heterocycles. The molecule has 1 atom stereocenters. The number of nitrogens with one attached hydrogen (secondary N) is 1. The van der Waals surface area contributed by atoms with Gasteiger partial charge in [0.1, 0.15) is 6.04 Å². The van der Waals surface area contributed by atoms with Crippen molar-refractivity contribution in [1.82, 2.24) is 5.32 Å². The van der Waals surface area contributed by atoms with Gasteiger partial charge in [-0.15, -0.1) is 0 Å². The van der Waals surface area contributed by atoms with E-state index in [9.17, 15) is 13.2 Å². The van der Waals surface area contributed by atoms with Gasteiger partial charge in [-0.25, -0.2) is 0 Å². The van der Waals surface area contributed by atoms with Crippen molar-refractivity contribution in [2.45, 2.75) is 44.3 Å². The molecule has 0 amide bonds. The fourth-order valence-corrected chi connectivity index (χ4v) is 2.09. The van der Waals surface area contributed by atoms with Crippen LogP contribution in [0.3, 0.4) is 0 Å². The monoisotopic (exact) mass is 257 g/mol. The molecule has 1 aliphatic rings. The van der Waals surface area contributed by atoms with Gasteiger partial charge in [0.15, 0.2) is 0 Å². The molecule has 1 aliphatic carbocycles. The quantitative estimate of drug-likeness (QED) is 0.835. The van der Waals surface area contributed by atoms with Gasteiger partial charge in [-0.3, -0.25) is 0 Å².